The fourth-order valence-electron chi connectivity index (χ4n) is 10.1. The van der Waals surface area contributed by atoms with E-state index in [1.54, 1.807) is 0 Å². The smallest absolute Gasteiger partial charge is 0.306 e. The third kappa shape index (κ3) is 64.1. The lowest BCUT2D eigenvalue weighted by Gasteiger charge is -2.18. The molecule has 0 aromatic rings. The average Bonchev–Trinajstić information content (AvgIpc) is 3.43. The zero-order valence-corrected chi connectivity index (χ0v) is 51.7. The van der Waals surface area contributed by atoms with E-state index >= 15 is 0 Å². The van der Waals surface area contributed by atoms with E-state index in [0.717, 1.165) is 103 Å². The van der Waals surface area contributed by atoms with Gasteiger partial charge in [-0.15, -0.1) is 0 Å². The quantitative estimate of drug-likeness (QED) is 0.0261. The summed E-state index contributed by atoms with van der Waals surface area (Å²) in [5.74, 6) is -0.890. The van der Waals surface area contributed by atoms with Gasteiger partial charge in [-0.1, -0.05) is 326 Å². The molecule has 0 spiro atoms. The molecule has 0 aliphatic rings. The van der Waals surface area contributed by atoms with Crippen LogP contribution in [0.3, 0.4) is 0 Å². The number of unbranched alkanes of at least 4 members (excludes halogenated alkanes) is 44. The van der Waals surface area contributed by atoms with Crippen LogP contribution in [0.2, 0.25) is 0 Å². The van der Waals surface area contributed by atoms with Crippen LogP contribution in [0.4, 0.5) is 0 Å². The highest BCUT2D eigenvalue weighted by molar-refractivity contribution is 5.71. The summed E-state index contributed by atoms with van der Waals surface area (Å²) in [6.07, 6.45) is 83.0. The third-order valence-electron chi connectivity index (χ3n) is 15.3. The number of rotatable bonds is 63. The predicted octanol–water partition coefficient (Wildman–Crippen LogP) is 23.3. The van der Waals surface area contributed by atoms with Crippen LogP contribution in [0.5, 0.6) is 0 Å². The minimum atomic E-state index is -0.785. The van der Waals surface area contributed by atoms with Crippen molar-refractivity contribution in [2.45, 2.75) is 374 Å². The molecule has 1 atom stereocenters. The molecule has 0 aliphatic carbocycles. The lowest BCUT2D eigenvalue weighted by Crippen LogP contribution is -2.30. The molecule has 77 heavy (non-hydrogen) atoms. The van der Waals surface area contributed by atoms with Crippen molar-refractivity contribution in [3.8, 4) is 0 Å². The molecule has 0 rings (SSSR count). The van der Waals surface area contributed by atoms with Gasteiger partial charge in [0.2, 0.25) is 0 Å². The molecule has 0 fully saturated rings. The Hall–Kier alpha value is -2.63. The molecule has 6 nitrogen and oxygen atoms in total. The highest BCUT2D eigenvalue weighted by Crippen LogP contribution is 2.18. The van der Waals surface area contributed by atoms with Crippen LogP contribution in [0.25, 0.3) is 0 Å². The number of allylic oxidation sites excluding steroid dienone is 8. The molecule has 0 N–H and O–H groups in total. The van der Waals surface area contributed by atoms with Gasteiger partial charge in [-0.05, 0) is 70.6 Å². The number of esters is 3. The van der Waals surface area contributed by atoms with Crippen LogP contribution in [0, 0.1) is 0 Å². The second-order valence-electron chi connectivity index (χ2n) is 23.1. The highest BCUT2D eigenvalue weighted by Gasteiger charge is 2.19. The highest BCUT2D eigenvalue weighted by atomic mass is 16.6. The van der Waals surface area contributed by atoms with Crippen molar-refractivity contribution in [3.63, 3.8) is 0 Å². The Balaban J connectivity index is 4.12. The molecule has 0 radical (unpaired) electrons. The SMILES string of the molecule is CCCC/C=C\C/C=C\CCCCCCCC(=O)OCC(COC(=O)CCCCCCCCCCCCCCCCCCCCCCCCCCCCCCCCC)OC(=O)CCCCCCC/C=C\C/C=C\CCCC. The summed E-state index contributed by atoms with van der Waals surface area (Å²) in [5, 5.41) is 0. The minimum Gasteiger partial charge on any atom is -0.462 e. The summed E-state index contributed by atoms with van der Waals surface area (Å²) in [6, 6.07) is 0. The van der Waals surface area contributed by atoms with Crippen molar-refractivity contribution in [3.05, 3.63) is 48.6 Å². The van der Waals surface area contributed by atoms with Crippen molar-refractivity contribution < 1.29 is 28.6 Å². The van der Waals surface area contributed by atoms with Gasteiger partial charge < -0.3 is 14.2 Å². The first-order chi connectivity index (χ1) is 38.0. The Morgan fingerprint density at radius 2 is 0.481 bits per heavy atom. The monoisotopic (exact) mass is 1080 g/mol. The Morgan fingerprint density at radius 1 is 0.260 bits per heavy atom. The Labute approximate surface area is 479 Å². The molecule has 0 saturated carbocycles. The molecular formula is C71H130O6. The molecule has 0 aromatic heterocycles. The first-order valence-electron chi connectivity index (χ1n) is 34.1. The standard InChI is InChI=1S/C71H130O6/c1-4-7-10-13-16-19-22-25-28-29-30-31-32-33-34-35-36-37-38-39-40-41-42-43-44-47-49-52-55-58-61-64-70(73)76-67-68(77-71(74)65-62-59-56-53-50-46-27-24-21-18-15-12-9-6-3)66-75-69(72)63-60-57-54-51-48-45-26-23-20-17-14-11-8-5-2/h14-15,17-18,23-24,26-27,68H,4-13,16,19-22,25,28-67H2,1-3H3/b17-14-,18-15-,26-23-,27-24-. The van der Waals surface area contributed by atoms with Gasteiger partial charge in [-0.2, -0.15) is 0 Å². The zero-order valence-electron chi connectivity index (χ0n) is 51.7. The van der Waals surface area contributed by atoms with Gasteiger partial charge in [0.05, 0.1) is 0 Å². The van der Waals surface area contributed by atoms with E-state index < -0.39 is 6.10 Å². The fourth-order valence-corrected chi connectivity index (χ4v) is 10.1. The van der Waals surface area contributed by atoms with Gasteiger partial charge >= 0.3 is 17.9 Å². The van der Waals surface area contributed by atoms with Crippen molar-refractivity contribution in [2.75, 3.05) is 13.2 Å². The Bertz CT molecular complexity index is 1330. The third-order valence-corrected chi connectivity index (χ3v) is 15.3. The van der Waals surface area contributed by atoms with E-state index in [1.807, 2.05) is 0 Å². The van der Waals surface area contributed by atoms with Crippen molar-refractivity contribution in [1.82, 2.24) is 0 Å². The van der Waals surface area contributed by atoms with Gasteiger partial charge in [-0.25, -0.2) is 0 Å². The van der Waals surface area contributed by atoms with Crippen LogP contribution in [-0.4, -0.2) is 37.2 Å². The Kier molecular flexibility index (Phi) is 63.6. The van der Waals surface area contributed by atoms with Crippen molar-refractivity contribution in [2.24, 2.45) is 0 Å². The maximum Gasteiger partial charge on any atom is 0.306 e. The van der Waals surface area contributed by atoms with Crippen molar-refractivity contribution >= 4 is 17.9 Å². The van der Waals surface area contributed by atoms with E-state index in [9.17, 15) is 14.4 Å². The van der Waals surface area contributed by atoms with Gasteiger partial charge in [0.1, 0.15) is 13.2 Å². The van der Waals surface area contributed by atoms with E-state index in [-0.39, 0.29) is 31.1 Å². The summed E-state index contributed by atoms with van der Waals surface area (Å²) in [7, 11) is 0. The average molecular weight is 1080 g/mol. The number of carbonyl (C=O) groups excluding carboxylic acids is 3. The maximum atomic E-state index is 12.9. The number of ether oxygens (including phenoxy) is 3. The van der Waals surface area contributed by atoms with Crippen molar-refractivity contribution in [1.29, 1.82) is 0 Å². The summed E-state index contributed by atoms with van der Waals surface area (Å²) in [5.41, 5.74) is 0. The van der Waals surface area contributed by atoms with Crippen LogP contribution in [0.1, 0.15) is 367 Å². The largest absolute Gasteiger partial charge is 0.462 e. The molecular weight excluding hydrogens is 949 g/mol. The normalized spacial score (nSPS) is 12.3. The molecule has 6 heteroatoms. The number of carbonyl (C=O) groups is 3. The first kappa shape index (κ1) is 74.4. The molecule has 0 amide bonds. The van der Waals surface area contributed by atoms with E-state index in [1.165, 1.54) is 225 Å². The molecule has 0 aromatic carbocycles. The zero-order chi connectivity index (χ0) is 55.7. The summed E-state index contributed by atoms with van der Waals surface area (Å²) in [6.45, 7) is 6.59. The van der Waals surface area contributed by atoms with Gasteiger partial charge in [0.25, 0.3) is 0 Å². The summed E-state index contributed by atoms with van der Waals surface area (Å²) in [4.78, 5) is 38.3. The van der Waals surface area contributed by atoms with Crippen LogP contribution in [0.15, 0.2) is 48.6 Å². The van der Waals surface area contributed by atoms with Gasteiger partial charge in [-0.3, -0.25) is 14.4 Å². The molecule has 0 aliphatic heterocycles. The number of hydrogen-bond donors (Lipinski definition) is 0. The molecule has 0 saturated heterocycles. The van der Waals surface area contributed by atoms with E-state index in [4.69, 9.17) is 14.2 Å². The van der Waals surface area contributed by atoms with Crippen LogP contribution in [-0.2, 0) is 28.6 Å². The Morgan fingerprint density at radius 3 is 0.753 bits per heavy atom. The second-order valence-corrected chi connectivity index (χ2v) is 23.1. The topological polar surface area (TPSA) is 78.9 Å². The predicted molar refractivity (Wildman–Crippen MR) is 335 cm³/mol. The van der Waals surface area contributed by atoms with Gasteiger partial charge in [0.15, 0.2) is 6.10 Å². The van der Waals surface area contributed by atoms with E-state index in [0.29, 0.717) is 19.3 Å². The van der Waals surface area contributed by atoms with Crippen LogP contribution >= 0.6 is 0 Å². The number of hydrogen-bond acceptors (Lipinski definition) is 6. The lowest BCUT2D eigenvalue weighted by molar-refractivity contribution is -0.167. The lowest BCUT2D eigenvalue weighted by atomic mass is 10.0. The summed E-state index contributed by atoms with van der Waals surface area (Å²) < 4.78 is 16.9. The minimum absolute atomic E-state index is 0.0803. The molecule has 0 heterocycles. The molecule has 0 bridgehead atoms. The second kappa shape index (κ2) is 65.9. The molecule has 1 unspecified atom stereocenters. The first-order valence-corrected chi connectivity index (χ1v) is 34.1. The van der Waals surface area contributed by atoms with Crippen LogP contribution < -0.4 is 0 Å². The van der Waals surface area contributed by atoms with E-state index in [2.05, 4.69) is 69.4 Å². The summed E-state index contributed by atoms with van der Waals surface area (Å²) >= 11 is 0. The fraction of sp³-hybridized carbons (Fsp3) is 0.845. The van der Waals surface area contributed by atoms with Gasteiger partial charge in [0, 0.05) is 19.3 Å². The molecule has 450 valence electrons. The maximum absolute atomic E-state index is 12.9.